The zero-order valence-electron chi connectivity index (χ0n) is 14.5. The largest absolute Gasteiger partial charge is 0.497 e. The number of benzene rings is 2. The molecule has 2 aromatic rings. The van der Waals surface area contributed by atoms with E-state index in [0.717, 1.165) is 0 Å². The number of methoxy groups -OCH3 is 1. The molecule has 1 fully saturated rings. The zero-order chi connectivity index (χ0) is 18.7. The van der Waals surface area contributed by atoms with Crippen LogP contribution >= 0.6 is 0 Å². The Labute approximate surface area is 150 Å². The summed E-state index contributed by atoms with van der Waals surface area (Å²) >= 11 is 0. The van der Waals surface area contributed by atoms with E-state index in [-0.39, 0.29) is 24.1 Å². The first-order chi connectivity index (χ1) is 12.5. The lowest BCUT2D eigenvalue weighted by atomic mass is 10.2. The number of carbonyl (C=O) groups excluding carboxylic acids is 3. The molecular weight excluding hydrogens is 334 g/mol. The molecule has 134 valence electrons. The number of anilines is 3. The van der Waals surface area contributed by atoms with Crippen molar-refractivity contribution in [3.8, 4) is 5.75 Å². The Balaban J connectivity index is 1.71. The molecule has 26 heavy (non-hydrogen) atoms. The van der Waals surface area contributed by atoms with Crippen molar-refractivity contribution in [3.63, 3.8) is 0 Å². The average Bonchev–Trinajstić information content (AvgIpc) is 2.90. The first kappa shape index (κ1) is 17.5. The van der Waals surface area contributed by atoms with E-state index in [1.54, 1.807) is 55.6 Å². The van der Waals surface area contributed by atoms with Gasteiger partial charge in [0.15, 0.2) is 0 Å². The summed E-state index contributed by atoms with van der Waals surface area (Å²) in [6, 6.07) is 13.1. The van der Waals surface area contributed by atoms with Crippen LogP contribution in [-0.2, 0) is 14.4 Å². The molecule has 3 rings (SSSR count). The summed E-state index contributed by atoms with van der Waals surface area (Å²) in [6.07, 6.45) is 0.0817. The van der Waals surface area contributed by atoms with Gasteiger partial charge in [-0.15, -0.1) is 0 Å². The molecule has 0 unspecified atom stereocenters. The van der Waals surface area contributed by atoms with Crippen LogP contribution in [0.15, 0.2) is 48.5 Å². The van der Waals surface area contributed by atoms with Crippen LogP contribution < -0.4 is 20.3 Å². The number of rotatable bonds is 5. The molecule has 2 N–H and O–H groups in total. The summed E-state index contributed by atoms with van der Waals surface area (Å²) in [7, 11) is 1.55. The van der Waals surface area contributed by atoms with Gasteiger partial charge in [0.25, 0.3) is 5.91 Å². The first-order valence-corrected chi connectivity index (χ1v) is 8.13. The van der Waals surface area contributed by atoms with Crippen LogP contribution in [0, 0.1) is 0 Å². The van der Waals surface area contributed by atoms with Gasteiger partial charge in [-0.05, 0) is 48.5 Å². The number of nitrogens with zero attached hydrogens (tertiary/aromatic N) is 1. The van der Waals surface area contributed by atoms with Gasteiger partial charge in [0.2, 0.25) is 11.8 Å². The molecule has 0 saturated carbocycles. The number of hydrogen-bond donors (Lipinski definition) is 2. The van der Waals surface area contributed by atoms with Crippen molar-refractivity contribution in [1.29, 1.82) is 0 Å². The second kappa shape index (κ2) is 7.26. The average molecular weight is 353 g/mol. The van der Waals surface area contributed by atoms with Crippen LogP contribution in [0.2, 0.25) is 0 Å². The van der Waals surface area contributed by atoms with Crippen molar-refractivity contribution in [2.75, 3.05) is 22.6 Å². The lowest BCUT2D eigenvalue weighted by Crippen LogP contribution is -2.34. The summed E-state index contributed by atoms with van der Waals surface area (Å²) in [6.45, 7) is 1.43. The van der Waals surface area contributed by atoms with E-state index in [0.29, 0.717) is 22.8 Å². The summed E-state index contributed by atoms with van der Waals surface area (Å²) in [5.41, 5.74) is 1.88. The molecule has 0 bridgehead atoms. The molecule has 0 aliphatic carbocycles. The Kier molecular flexibility index (Phi) is 4.88. The van der Waals surface area contributed by atoms with Crippen molar-refractivity contribution >= 4 is 34.8 Å². The van der Waals surface area contributed by atoms with Crippen LogP contribution in [0.3, 0.4) is 0 Å². The van der Waals surface area contributed by atoms with Crippen LogP contribution in [0.1, 0.15) is 13.3 Å². The van der Waals surface area contributed by atoms with E-state index >= 15 is 0 Å². The Bertz CT molecular complexity index is 831. The first-order valence-electron chi connectivity index (χ1n) is 8.13. The molecule has 1 atom stereocenters. The second-order valence-electron chi connectivity index (χ2n) is 5.92. The molecule has 1 saturated heterocycles. The summed E-state index contributed by atoms with van der Waals surface area (Å²) in [5.74, 6) is -0.0576. The molecule has 1 aliphatic heterocycles. The third kappa shape index (κ3) is 3.66. The molecule has 7 heteroatoms. The number of nitrogens with one attached hydrogen (secondary N) is 2. The van der Waals surface area contributed by atoms with E-state index in [1.165, 1.54) is 11.8 Å². The van der Waals surface area contributed by atoms with Crippen LogP contribution in [0.25, 0.3) is 0 Å². The maximum atomic E-state index is 12.6. The van der Waals surface area contributed by atoms with Gasteiger partial charge in [0.05, 0.1) is 19.2 Å². The van der Waals surface area contributed by atoms with Gasteiger partial charge in [-0.2, -0.15) is 0 Å². The lowest BCUT2D eigenvalue weighted by molar-refractivity contribution is -0.121. The Morgan fingerprint density at radius 2 is 1.65 bits per heavy atom. The third-order valence-corrected chi connectivity index (χ3v) is 4.02. The molecule has 7 nitrogen and oxygen atoms in total. The lowest BCUT2D eigenvalue weighted by Gasteiger charge is -2.16. The summed E-state index contributed by atoms with van der Waals surface area (Å²) in [5, 5.41) is 5.75. The Morgan fingerprint density at radius 1 is 1.04 bits per heavy atom. The van der Waals surface area contributed by atoms with E-state index in [1.807, 2.05) is 0 Å². The fraction of sp³-hybridized carbons (Fsp3) is 0.211. The van der Waals surface area contributed by atoms with Crippen molar-refractivity contribution in [2.45, 2.75) is 19.4 Å². The van der Waals surface area contributed by atoms with Crippen LogP contribution in [0.4, 0.5) is 17.1 Å². The van der Waals surface area contributed by atoms with Gasteiger partial charge in [0.1, 0.15) is 11.8 Å². The molecule has 3 amide bonds. The minimum Gasteiger partial charge on any atom is -0.497 e. The fourth-order valence-electron chi connectivity index (χ4n) is 2.80. The number of carbonyl (C=O) groups is 3. The van der Waals surface area contributed by atoms with Crippen molar-refractivity contribution in [3.05, 3.63) is 48.5 Å². The van der Waals surface area contributed by atoms with E-state index in [4.69, 9.17) is 4.74 Å². The molecule has 0 spiro atoms. The molecular formula is C19H19N3O4. The Hall–Kier alpha value is -3.35. The number of hydrogen-bond acceptors (Lipinski definition) is 5. The van der Waals surface area contributed by atoms with Gasteiger partial charge < -0.3 is 15.4 Å². The summed E-state index contributed by atoms with van der Waals surface area (Å²) < 4.78 is 5.09. The maximum Gasteiger partial charge on any atom is 0.256 e. The maximum absolute atomic E-state index is 12.6. The normalized spacial score (nSPS) is 16.5. The number of ether oxygens (including phenoxy) is 1. The highest BCUT2D eigenvalue weighted by atomic mass is 16.5. The number of imide groups is 1. The van der Waals surface area contributed by atoms with Crippen LogP contribution in [-0.4, -0.2) is 30.9 Å². The van der Waals surface area contributed by atoms with E-state index in [9.17, 15) is 14.4 Å². The smallest absolute Gasteiger partial charge is 0.256 e. The standard InChI is InChI=1S/C19H19N3O4/c1-12(23)20-13-3-5-14(6-4-13)21-17-11-18(24)22(19(17)25)15-7-9-16(26-2)10-8-15/h3-10,17,21H,11H2,1-2H3,(H,20,23)/t17-/m1/s1. The van der Waals surface area contributed by atoms with Gasteiger partial charge in [-0.25, -0.2) is 4.90 Å². The molecule has 1 heterocycles. The van der Waals surface area contributed by atoms with Crippen molar-refractivity contribution < 1.29 is 19.1 Å². The second-order valence-corrected chi connectivity index (χ2v) is 5.92. The fourth-order valence-corrected chi connectivity index (χ4v) is 2.80. The number of amides is 3. The topological polar surface area (TPSA) is 87.7 Å². The van der Waals surface area contributed by atoms with Crippen molar-refractivity contribution in [2.24, 2.45) is 0 Å². The molecule has 1 aliphatic rings. The highest BCUT2D eigenvalue weighted by Crippen LogP contribution is 2.27. The monoisotopic (exact) mass is 353 g/mol. The summed E-state index contributed by atoms with van der Waals surface area (Å²) in [4.78, 5) is 37.2. The quantitative estimate of drug-likeness (QED) is 0.806. The molecule has 0 radical (unpaired) electrons. The van der Waals surface area contributed by atoms with Gasteiger partial charge >= 0.3 is 0 Å². The van der Waals surface area contributed by atoms with Gasteiger partial charge in [-0.3, -0.25) is 14.4 Å². The minimum atomic E-state index is -0.629. The third-order valence-electron chi connectivity index (χ3n) is 4.02. The predicted octanol–water partition coefficient (Wildman–Crippen LogP) is 2.40. The SMILES string of the molecule is COc1ccc(N2C(=O)C[C@@H](Nc3ccc(NC(C)=O)cc3)C2=O)cc1. The highest BCUT2D eigenvalue weighted by molar-refractivity contribution is 6.23. The Morgan fingerprint density at radius 3 is 2.23 bits per heavy atom. The molecule has 0 aromatic heterocycles. The predicted molar refractivity (Wildman–Crippen MR) is 98.3 cm³/mol. The van der Waals surface area contributed by atoms with Crippen molar-refractivity contribution in [1.82, 2.24) is 0 Å². The zero-order valence-corrected chi connectivity index (χ0v) is 14.5. The van der Waals surface area contributed by atoms with Crippen LogP contribution in [0.5, 0.6) is 5.75 Å². The highest BCUT2D eigenvalue weighted by Gasteiger charge is 2.39. The van der Waals surface area contributed by atoms with Gasteiger partial charge in [0, 0.05) is 18.3 Å². The van der Waals surface area contributed by atoms with Gasteiger partial charge in [-0.1, -0.05) is 0 Å². The van der Waals surface area contributed by atoms with E-state index in [2.05, 4.69) is 10.6 Å². The minimum absolute atomic E-state index is 0.0817. The molecule has 2 aromatic carbocycles. The van der Waals surface area contributed by atoms with E-state index < -0.39 is 6.04 Å².